The van der Waals surface area contributed by atoms with E-state index in [0.29, 0.717) is 88.8 Å². The Hall–Kier alpha value is -12.8. The summed E-state index contributed by atoms with van der Waals surface area (Å²) in [6.07, 6.45) is 16.7. The van der Waals surface area contributed by atoms with Crippen molar-refractivity contribution >= 4 is 53.2 Å². The lowest BCUT2D eigenvalue weighted by Crippen LogP contribution is -2.32. The second-order valence-electron chi connectivity index (χ2n) is 35.7. The fraction of sp³-hybridized carbons (Fsp3) is 0.594. The Labute approximate surface area is 791 Å². The van der Waals surface area contributed by atoms with Crippen molar-refractivity contribution in [3.8, 4) is 0 Å². The number of ether oxygens (including phenoxy) is 5. The predicted molar refractivity (Wildman–Crippen MR) is 514 cm³/mol. The number of carbonyl (C=O) groups excluding carboxylic acids is 5. The Morgan fingerprint density at radius 2 is 0.844 bits per heavy atom. The van der Waals surface area contributed by atoms with Crippen LogP contribution in [-0.4, -0.2) is 302 Å². The van der Waals surface area contributed by atoms with Crippen molar-refractivity contribution in [1.82, 2.24) is 53.0 Å². The molecule has 0 bridgehead atoms. The number of nitrogens with zero attached hydrogens (tertiary/aromatic N) is 16. The molecule has 734 valence electrons. The van der Waals surface area contributed by atoms with Crippen molar-refractivity contribution in [2.24, 2.45) is 17.6 Å². The molecule has 39 heteroatoms. The van der Waals surface area contributed by atoms with E-state index in [2.05, 4.69) is 88.9 Å². The van der Waals surface area contributed by atoms with Crippen molar-refractivity contribution in [3.63, 3.8) is 0 Å². The van der Waals surface area contributed by atoms with Gasteiger partial charge in [0.05, 0.1) is 89.6 Å². The van der Waals surface area contributed by atoms with Crippen LogP contribution in [0.3, 0.4) is 0 Å². The zero-order chi connectivity index (χ0) is 100. The van der Waals surface area contributed by atoms with Crippen LogP contribution < -0.4 is 50.0 Å². The minimum atomic E-state index is -1.19. The Morgan fingerprint density at radius 3 is 1.22 bits per heavy atom. The number of aromatic carboxylic acids is 1. The monoisotopic (exact) mass is 1870 g/mol. The number of nitrogens with one attached hydrogen (secondary N) is 3. The number of carboxylic acids is 1. The molecule has 8 N–H and O–H groups in total. The number of pyridine rings is 4. The van der Waals surface area contributed by atoms with Gasteiger partial charge in [-0.2, -0.15) is 0 Å². The van der Waals surface area contributed by atoms with Crippen molar-refractivity contribution in [2.45, 2.75) is 174 Å². The molecule has 7 atom stereocenters. The zero-order valence-electron chi connectivity index (χ0n) is 80.2. The summed E-state index contributed by atoms with van der Waals surface area (Å²) < 4.78 is 35.6. The fourth-order valence-corrected chi connectivity index (χ4v) is 15.4. The summed E-state index contributed by atoms with van der Waals surface area (Å²) in [5.41, 5.74) is 8.45. The first kappa shape index (κ1) is 115. The average molecular weight is 1870 g/mol. The number of nitrogens with two attached hydrogens (primary N) is 2. The zero-order valence-corrected chi connectivity index (χ0v) is 80.2. The minimum Gasteiger partial charge on any atom is -0.477 e. The maximum absolute atomic E-state index is 12.6. The molecule has 1 amide bonds. The van der Waals surface area contributed by atoms with Crippen molar-refractivity contribution in [2.75, 3.05) is 195 Å². The molecule has 7 aliphatic heterocycles. The number of anilines is 2. The lowest BCUT2D eigenvalue weighted by molar-refractivity contribution is -0.157. The molecule has 12 heterocycles. The third-order valence-electron chi connectivity index (χ3n) is 21.8. The van der Waals surface area contributed by atoms with Gasteiger partial charge in [-0.05, 0) is 218 Å². The molecule has 5 aromatic rings. The molecule has 0 unspecified atom stereocenters. The van der Waals surface area contributed by atoms with E-state index in [9.17, 15) is 52.7 Å². The van der Waals surface area contributed by atoms with E-state index in [-0.39, 0.29) is 86.4 Å². The maximum Gasteiger partial charge on any atom is 0.412 e. The standard InChI is InChI=1S/C17H24N4O3.C14H17N3O3.C13H15N3O3.C13H22N2O2.C12H16N4O.C10H19NO2.C7H13N3.C7H6O4.C3H5N/c1-17(2,3)24-16(23)19-14-6-5-9-21(15(14)22)13-7-10-20(12-13)11-8-18-4;1-15-6-9-16-8-5-11(10-16)17-7-3-4-12(13(17)18)14(19)20-2;1-14-5-8-15-7-4-10(9-15)16-6-2-3-11(12(16)17)13(18)19;1-13(2,3)17-12(16)9-11-5-7-15(10-11)8-6-14-4;1-14-5-8-15-7-4-10(9-15)16-6-2-3-11(13)12(16)17;1-10(2,3)13-9(12)6-8-4-5-11-7-8;1-9-3-5-10-4-2-7(8)6-10;1-10-6(8)5-3-2-4-11-7(5)9;1-2-3-4/h5-6,9,13H,7-8,10-12H2,1-3H3,(H,19,23);3-4,7,11H,5-6,8-10H2,2H3;2-3,6,10H,4-5,7-9H2,(H,18,19);11H,5-10H2,1-3H3;2-3,6,10H,4-5,7-9,13H2;8,11H,4-7H2,1-3H3;7H,2-6,8H2;2-4H,1H3;2,4H,1H3/t13-;11-;10-;11-;10-;8-;7-;;/m1110101../s1. The van der Waals surface area contributed by atoms with Crippen LogP contribution in [0.25, 0.3) is 29.1 Å². The number of carbonyl (C=O) groups is 6. The van der Waals surface area contributed by atoms with Crippen LogP contribution in [0.1, 0.15) is 182 Å². The van der Waals surface area contributed by atoms with Crippen LogP contribution in [-0.2, 0) is 33.3 Å². The lowest BCUT2D eigenvalue weighted by atomic mass is 10.1. The van der Waals surface area contributed by atoms with E-state index in [4.69, 9.17) is 75.6 Å². The SMILES string of the molecule is CC(C)(C)OC(=O)C[C@@H]1CCNC1.CC=C=N.COC(=O)c1cccoc1=O.[C-]#[N+]CCN1CC[C@@H](CC(=O)OC(C)(C)C)C1.[C-]#[N+]CCN1CC[C@@H](N)C1.[C-]#[N+]CCN1CC[C@@H](n2cccc(C(=O)O)c2=O)C1.[C-]#[N+]CCN1CC[C@@H](n2cccc(C(=O)OC)c2=O)C1.[C-]#[N+]CCN1CC[C@@H](n2cccc(N)c2=O)C1.[C-]#[N+]CCN1CC[C@@H](n2cccc(NC(=O)OC(C)(C)C)c2=O)C1. The quantitative estimate of drug-likeness (QED) is 0.0145. The van der Waals surface area contributed by atoms with Gasteiger partial charge >= 0.3 is 41.6 Å². The molecule has 0 aliphatic carbocycles. The number of hydrogen-bond acceptors (Lipinski definition) is 27. The molecule has 12 rings (SSSR count). The van der Waals surface area contributed by atoms with Gasteiger partial charge in [-0.25, -0.2) is 63.4 Å². The Kier molecular flexibility index (Phi) is 51.3. The summed E-state index contributed by atoms with van der Waals surface area (Å²) in [5.74, 6) is 0.287. The normalized spacial score (nSPS) is 19.0. The van der Waals surface area contributed by atoms with E-state index in [1.54, 1.807) is 109 Å². The van der Waals surface area contributed by atoms with Crippen LogP contribution in [0.4, 0.5) is 16.2 Å². The lowest BCUT2D eigenvalue weighted by Gasteiger charge is -2.20. The molecule has 7 fully saturated rings. The molecule has 0 spiro atoms. The van der Waals surface area contributed by atoms with E-state index in [0.717, 1.165) is 163 Å². The molecule has 0 radical (unpaired) electrons. The number of nitrogen functional groups attached to an aromatic ring is 1. The minimum absolute atomic E-state index is 0.00228. The number of allylic oxidation sites excluding steroid dienone is 1. The number of methoxy groups -OCH3 is 2. The predicted octanol–water partition coefficient (Wildman–Crippen LogP) is 8.93. The van der Waals surface area contributed by atoms with Crippen LogP contribution in [0.5, 0.6) is 0 Å². The summed E-state index contributed by atoms with van der Waals surface area (Å²) in [6, 6.07) is 16.3. The summed E-state index contributed by atoms with van der Waals surface area (Å²) in [5, 5.41) is 20.9. The molecule has 5 aromatic heterocycles. The first-order valence-corrected chi connectivity index (χ1v) is 45.2. The van der Waals surface area contributed by atoms with Gasteiger partial charge in [0.2, 0.25) is 39.3 Å². The Morgan fingerprint density at radius 1 is 0.489 bits per heavy atom. The van der Waals surface area contributed by atoms with Crippen LogP contribution >= 0.6 is 0 Å². The summed E-state index contributed by atoms with van der Waals surface area (Å²) in [6.45, 7) is 79.3. The number of aromatic nitrogens is 4. The number of amides is 1. The molecular formula is C96H137N21O18. The molecule has 135 heavy (non-hydrogen) atoms. The van der Waals surface area contributed by atoms with Gasteiger partial charge < -0.3 is 97.3 Å². The summed E-state index contributed by atoms with van der Waals surface area (Å²) in [4.78, 5) is 161. The Balaban J connectivity index is 0.000000324. The van der Waals surface area contributed by atoms with E-state index >= 15 is 0 Å². The number of carboxylic acid groups (broad SMARTS) is 1. The van der Waals surface area contributed by atoms with E-state index in [1.165, 1.54) is 49.3 Å². The van der Waals surface area contributed by atoms with E-state index in [1.807, 2.05) is 41.5 Å². The van der Waals surface area contributed by atoms with Gasteiger partial charge in [-0.1, -0.05) is 0 Å². The van der Waals surface area contributed by atoms with Crippen LogP contribution in [0.15, 0.2) is 126 Å². The molecule has 39 nitrogen and oxygen atoms in total. The van der Waals surface area contributed by atoms with Gasteiger partial charge in [-0.3, -0.25) is 68.9 Å². The molecule has 7 aliphatic rings. The number of esters is 4. The first-order chi connectivity index (χ1) is 64.2. The van der Waals surface area contributed by atoms with Crippen molar-refractivity contribution in [3.05, 3.63) is 235 Å². The van der Waals surface area contributed by atoms with Crippen molar-refractivity contribution < 1.29 is 62.0 Å². The highest BCUT2D eigenvalue weighted by molar-refractivity contribution is 5.89. The number of rotatable bonds is 24. The van der Waals surface area contributed by atoms with E-state index < -0.39 is 40.8 Å². The largest absolute Gasteiger partial charge is 0.477 e. The maximum atomic E-state index is 12.6. The van der Waals surface area contributed by atoms with Gasteiger partial charge in [0.15, 0.2) is 0 Å². The van der Waals surface area contributed by atoms with Crippen LogP contribution in [0.2, 0.25) is 0 Å². The van der Waals surface area contributed by atoms with Crippen molar-refractivity contribution in [1.29, 1.82) is 5.41 Å². The number of likely N-dealkylation sites (tertiary alicyclic amines) is 6. The topological polar surface area (TPSA) is 433 Å². The van der Waals surface area contributed by atoms with Gasteiger partial charge in [0.25, 0.3) is 22.2 Å². The number of hydrogen-bond donors (Lipinski definition) is 6. The van der Waals surface area contributed by atoms with Gasteiger partial charge in [0, 0.05) is 116 Å². The average Bonchev–Trinajstić information content (AvgIpc) is 1.74. The second kappa shape index (κ2) is 60.5. The third kappa shape index (κ3) is 43.4. The smallest absolute Gasteiger partial charge is 0.412 e. The summed E-state index contributed by atoms with van der Waals surface area (Å²) in [7, 11) is 2.47. The second-order valence-corrected chi connectivity index (χ2v) is 35.7. The fourth-order valence-electron chi connectivity index (χ4n) is 15.4. The van der Waals surface area contributed by atoms with Gasteiger partial charge in [0.1, 0.15) is 39.2 Å². The Bertz CT molecular complexity index is 5230. The molecular weight excluding hydrogens is 1740 g/mol. The first-order valence-electron chi connectivity index (χ1n) is 45.2. The summed E-state index contributed by atoms with van der Waals surface area (Å²) >= 11 is 0. The molecule has 7 saturated heterocycles. The highest BCUT2D eigenvalue weighted by atomic mass is 16.6. The third-order valence-corrected chi connectivity index (χ3v) is 21.8. The van der Waals surface area contributed by atoms with Gasteiger partial charge in [-0.15, -0.1) is 0 Å². The highest BCUT2D eigenvalue weighted by Crippen LogP contribution is 2.26. The molecule has 0 aromatic carbocycles. The van der Waals surface area contributed by atoms with Crippen LogP contribution in [0, 0.1) is 56.7 Å². The molecule has 0 saturated carbocycles. The highest BCUT2D eigenvalue weighted by Gasteiger charge is 2.33.